The quantitative estimate of drug-likeness (QED) is 0.906. The predicted molar refractivity (Wildman–Crippen MR) is 76.2 cm³/mol. The minimum atomic E-state index is -0.484. The molecule has 1 N–H and O–H groups in total. The third-order valence-electron chi connectivity index (χ3n) is 2.92. The van der Waals surface area contributed by atoms with E-state index in [4.69, 9.17) is 16.1 Å². The molecule has 0 saturated carbocycles. The predicted octanol–water partition coefficient (Wildman–Crippen LogP) is 1.64. The highest BCUT2D eigenvalue weighted by atomic mass is 35.5. The molecule has 2 rings (SSSR count). The van der Waals surface area contributed by atoms with Gasteiger partial charge >= 0.3 is 0 Å². The summed E-state index contributed by atoms with van der Waals surface area (Å²) in [6.07, 6.45) is 1.99. The first-order chi connectivity index (χ1) is 10.0. The van der Waals surface area contributed by atoms with Gasteiger partial charge in [-0.2, -0.15) is 4.98 Å². The Bertz CT molecular complexity index is 695. The Balaban J connectivity index is 2.22. The van der Waals surface area contributed by atoms with Crippen molar-refractivity contribution in [2.75, 3.05) is 6.54 Å². The fourth-order valence-electron chi connectivity index (χ4n) is 1.78. The van der Waals surface area contributed by atoms with Crippen molar-refractivity contribution in [2.45, 2.75) is 26.8 Å². The molecule has 2 aromatic heterocycles. The lowest BCUT2D eigenvalue weighted by atomic mass is 10.2. The van der Waals surface area contributed by atoms with Gasteiger partial charge in [0.1, 0.15) is 12.1 Å². The summed E-state index contributed by atoms with van der Waals surface area (Å²) in [7, 11) is 0. The van der Waals surface area contributed by atoms with Crippen LogP contribution in [0.2, 0.25) is 5.02 Å². The summed E-state index contributed by atoms with van der Waals surface area (Å²) in [5.74, 6) is 0.479. The molecule has 0 aliphatic carbocycles. The number of pyridine rings is 1. The van der Waals surface area contributed by atoms with E-state index in [2.05, 4.69) is 15.1 Å². The lowest BCUT2D eigenvalue weighted by Gasteiger charge is -2.18. The molecule has 112 valence electrons. The van der Waals surface area contributed by atoms with Crippen LogP contribution in [0.5, 0.6) is 0 Å². The van der Waals surface area contributed by atoms with Crippen molar-refractivity contribution in [3.05, 3.63) is 44.9 Å². The minimum absolute atomic E-state index is 0.0143. The molecular formula is C13H15ClN4O3. The molecule has 0 radical (unpaired) electrons. The number of hydrogen-bond donors (Lipinski definition) is 1. The van der Waals surface area contributed by atoms with E-state index in [0.717, 1.165) is 0 Å². The van der Waals surface area contributed by atoms with Crippen molar-refractivity contribution in [2.24, 2.45) is 0 Å². The Kier molecular flexibility index (Phi) is 4.74. The van der Waals surface area contributed by atoms with E-state index in [9.17, 15) is 9.59 Å². The molecule has 7 nitrogen and oxygen atoms in total. The van der Waals surface area contributed by atoms with Crippen molar-refractivity contribution in [3.8, 4) is 0 Å². The van der Waals surface area contributed by atoms with Crippen LogP contribution in [0.1, 0.15) is 35.9 Å². The molecule has 2 heterocycles. The number of aryl methyl sites for hydroxylation is 1. The molecule has 1 amide bonds. The maximum absolute atomic E-state index is 12.4. The van der Waals surface area contributed by atoms with Crippen molar-refractivity contribution < 1.29 is 9.32 Å². The Morgan fingerprint density at radius 3 is 2.86 bits per heavy atom. The molecule has 8 heteroatoms. The zero-order chi connectivity index (χ0) is 15.4. The number of aromatic nitrogens is 3. The van der Waals surface area contributed by atoms with Crippen molar-refractivity contribution >= 4 is 17.5 Å². The molecule has 0 fully saturated rings. The van der Waals surface area contributed by atoms with Gasteiger partial charge in [-0.15, -0.1) is 0 Å². The lowest BCUT2D eigenvalue weighted by molar-refractivity contribution is 0.0732. The zero-order valence-corrected chi connectivity index (χ0v) is 12.5. The van der Waals surface area contributed by atoms with Crippen molar-refractivity contribution in [1.29, 1.82) is 0 Å². The Labute approximate surface area is 125 Å². The summed E-state index contributed by atoms with van der Waals surface area (Å²) in [5, 5.41) is 4.06. The van der Waals surface area contributed by atoms with Crippen LogP contribution in [-0.2, 0) is 13.0 Å². The van der Waals surface area contributed by atoms with Crippen molar-refractivity contribution in [3.63, 3.8) is 0 Å². The molecule has 0 atom stereocenters. The second kappa shape index (κ2) is 6.53. The van der Waals surface area contributed by atoms with Crippen LogP contribution in [-0.4, -0.2) is 32.5 Å². The number of rotatable bonds is 5. The topological polar surface area (TPSA) is 92.1 Å². The highest BCUT2D eigenvalue weighted by Crippen LogP contribution is 2.10. The number of carbonyl (C=O) groups is 1. The van der Waals surface area contributed by atoms with E-state index >= 15 is 0 Å². The number of halogens is 1. The molecule has 21 heavy (non-hydrogen) atoms. The number of H-pyrrole nitrogens is 1. The van der Waals surface area contributed by atoms with E-state index in [0.29, 0.717) is 29.7 Å². The maximum atomic E-state index is 12.4. The number of carbonyl (C=O) groups excluding carboxylic acids is 1. The number of nitrogens with one attached hydrogen (secondary N) is 1. The summed E-state index contributed by atoms with van der Waals surface area (Å²) in [6.45, 7) is 4.25. The molecule has 0 bridgehead atoms. The maximum Gasteiger partial charge on any atom is 0.260 e. The van der Waals surface area contributed by atoms with Crippen LogP contribution in [0.3, 0.4) is 0 Å². The van der Waals surface area contributed by atoms with E-state index in [1.165, 1.54) is 17.2 Å². The average Bonchev–Trinajstić information content (AvgIpc) is 2.94. The van der Waals surface area contributed by atoms with Crippen LogP contribution in [0.15, 0.2) is 21.6 Å². The first kappa shape index (κ1) is 15.2. The fraction of sp³-hybridized carbons (Fsp3) is 0.385. The fourth-order valence-corrected chi connectivity index (χ4v) is 1.94. The standard InChI is InChI=1S/C13H15ClN4O3/c1-3-10-16-11(21-17-10)7-18(4-2)13(20)9-5-8(14)6-15-12(9)19/h5-6H,3-4,7H2,1-2H3,(H,15,19). The zero-order valence-electron chi connectivity index (χ0n) is 11.7. The van der Waals surface area contributed by atoms with Gasteiger partial charge < -0.3 is 14.4 Å². The van der Waals surface area contributed by atoms with Gasteiger partial charge in [0, 0.05) is 19.2 Å². The molecule has 0 spiro atoms. The summed E-state index contributed by atoms with van der Waals surface area (Å²) < 4.78 is 5.06. The van der Waals surface area contributed by atoms with Gasteiger partial charge in [-0.3, -0.25) is 9.59 Å². The van der Waals surface area contributed by atoms with Gasteiger partial charge in [0.15, 0.2) is 5.82 Å². The average molecular weight is 311 g/mol. The largest absolute Gasteiger partial charge is 0.337 e. The molecule has 0 saturated heterocycles. The summed E-state index contributed by atoms with van der Waals surface area (Å²) >= 11 is 5.81. The first-order valence-electron chi connectivity index (χ1n) is 6.54. The van der Waals surface area contributed by atoms with Gasteiger partial charge in [0.05, 0.1) is 5.02 Å². The summed E-state index contributed by atoms with van der Waals surface area (Å²) in [4.78, 5) is 32.1. The molecule has 0 aliphatic heterocycles. The van der Waals surface area contributed by atoms with Gasteiger partial charge in [0.2, 0.25) is 5.89 Å². The van der Waals surface area contributed by atoms with Crippen LogP contribution in [0, 0.1) is 0 Å². The van der Waals surface area contributed by atoms with Crippen LogP contribution in [0.4, 0.5) is 0 Å². The molecule has 2 aromatic rings. The van der Waals surface area contributed by atoms with E-state index in [1.807, 2.05) is 6.92 Å². The number of aromatic amines is 1. The van der Waals surface area contributed by atoms with Gasteiger partial charge in [0.25, 0.3) is 11.5 Å². The highest BCUT2D eigenvalue weighted by molar-refractivity contribution is 6.30. The van der Waals surface area contributed by atoms with Crippen LogP contribution >= 0.6 is 11.6 Å². The van der Waals surface area contributed by atoms with Crippen LogP contribution < -0.4 is 5.56 Å². The molecular weight excluding hydrogens is 296 g/mol. The Morgan fingerprint density at radius 2 is 2.24 bits per heavy atom. The second-order valence-electron chi connectivity index (χ2n) is 4.34. The second-order valence-corrected chi connectivity index (χ2v) is 4.77. The van der Waals surface area contributed by atoms with E-state index in [-0.39, 0.29) is 12.1 Å². The van der Waals surface area contributed by atoms with Gasteiger partial charge in [-0.05, 0) is 13.0 Å². The molecule has 0 aromatic carbocycles. The first-order valence-corrected chi connectivity index (χ1v) is 6.91. The summed E-state index contributed by atoms with van der Waals surface area (Å²) in [5.41, 5.74) is -0.498. The molecule has 0 aliphatic rings. The third kappa shape index (κ3) is 3.49. The number of hydrogen-bond acceptors (Lipinski definition) is 5. The SMILES string of the molecule is CCc1noc(CN(CC)C(=O)c2cc(Cl)c[nH]c2=O)n1. The Hall–Kier alpha value is -2.15. The number of amides is 1. The normalized spacial score (nSPS) is 10.6. The monoisotopic (exact) mass is 310 g/mol. The van der Waals surface area contributed by atoms with Gasteiger partial charge in [-0.1, -0.05) is 23.7 Å². The van der Waals surface area contributed by atoms with Crippen LogP contribution in [0.25, 0.3) is 0 Å². The molecule has 0 unspecified atom stereocenters. The van der Waals surface area contributed by atoms with E-state index in [1.54, 1.807) is 6.92 Å². The highest BCUT2D eigenvalue weighted by Gasteiger charge is 2.20. The Morgan fingerprint density at radius 1 is 1.48 bits per heavy atom. The third-order valence-corrected chi connectivity index (χ3v) is 3.14. The van der Waals surface area contributed by atoms with Gasteiger partial charge in [-0.25, -0.2) is 0 Å². The summed E-state index contributed by atoms with van der Waals surface area (Å²) in [6, 6.07) is 1.34. The number of nitrogens with zero attached hydrogens (tertiary/aromatic N) is 3. The van der Waals surface area contributed by atoms with E-state index < -0.39 is 11.5 Å². The van der Waals surface area contributed by atoms with Crippen molar-refractivity contribution in [1.82, 2.24) is 20.0 Å². The minimum Gasteiger partial charge on any atom is -0.337 e. The smallest absolute Gasteiger partial charge is 0.260 e. The lowest BCUT2D eigenvalue weighted by Crippen LogP contribution is -2.34.